The van der Waals surface area contributed by atoms with E-state index in [1.54, 1.807) is 23.2 Å². The maximum absolute atomic E-state index is 13.2. The highest BCUT2D eigenvalue weighted by Gasteiger charge is 2.32. The van der Waals surface area contributed by atoms with Crippen LogP contribution in [0.3, 0.4) is 0 Å². The number of aromatic nitrogens is 4. The molecule has 144 valence electrons. The van der Waals surface area contributed by atoms with E-state index in [1.165, 1.54) is 12.1 Å². The minimum absolute atomic E-state index is 0.0509. The van der Waals surface area contributed by atoms with Gasteiger partial charge in [0.15, 0.2) is 5.82 Å². The highest BCUT2D eigenvalue weighted by Crippen LogP contribution is 2.31. The van der Waals surface area contributed by atoms with Crippen LogP contribution >= 0.6 is 0 Å². The van der Waals surface area contributed by atoms with Crippen molar-refractivity contribution in [1.82, 2.24) is 24.6 Å². The molecule has 7 heteroatoms. The van der Waals surface area contributed by atoms with Crippen LogP contribution in [0.4, 0.5) is 4.39 Å². The number of benzene rings is 1. The molecule has 2 aromatic heterocycles. The monoisotopic (exact) mass is 379 g/mol. The molecule has 0 radical (unpaired) electrons. The van der Waals surface area contributed by atoms with Crippen LogP contribution in [0.1, 0.15) is 30.3 Å². The van der Waals surface area contributed by atoms with Gasteiger partial charge in [0, 0.05) is 44.0 Å². The van der Waals surface area contributed by atoms with Crippen molar-refractivity contribution < 1.29 is 9.18 Å². The Balaban J connectivity index is 1.51. The van der Waals surface area contributed by atoms with Gasteiger partial charge in [-0.1, -0.05) is 6.07 Å². The molecule has 0 saturated carbocycles. The van der Waals surface area contributed by atoms with Crippen molar-refractivity contribution in [2.75, 3.05) is 13.6 Å². The standard InChI is InChI=1S/C21H22FN5O/c1-26(14-11-17-5-2-3-12-23-17)21(28)18-6-4-13-27-19(24-25-20(18)27)15-7-9-16(22)10-8-15/h2-3,5,7-10,12,18H,4,6,11,13-14H2,1H3. The first-order valence-corrected chi connectivity index (χ1v) is 9.47. The second-order valence-corrected chi connectivity index (χ2v) is 7.07. The van der Waals surface area contributed by atoms with Crippen LogP contribution in [0.25, 0.3) is 11.4 Å². The Morgan fingerprint density at radius 2 is 2.04 bits per heavy atom. The zero-order chi connectivity index (χ0) is 19.5. The van der Waals surface area contributed by atoms with Gasteiger partial charge in [-0.05, 0) is 49.2 Å². The quantitative estimate of drug-likeness (QED) is 0.683. The molecule has 1 aromatic carbocycles. The van der Waals surface area contributed by atoms with Crippen molar-refractivity contribution in [3.05, 3.63) is 66.0 Å². The Bertz CT molecular complexity index is 955. The predicted molar refractivity (Wildman–Crippen MR) is 103 cm³/mol. The Labute approximate surface area is 163 Å². The van der Waals surface area contributed by atoms with Gasteiger partial charge in [0.2, 0.25) is 5.91 Å². The fourth-order valence-electron chi connectivity index (χ4n) is 3.63. The number of carbonyl (C=O) groups is 1. The molecule has 1 atom stereocenters. The normalized spacial score (nSPS) is 15.9. The number of amides is 1. The van der Waals surface area contributed by atoms with Gasteiger partial charge in [-0.15, -0.1) is 10.2 Å². The Hall–Kier alpha value is -3.09. The lowest BCUT2D eigenvalue weighted by molar-refractivity contribution is -0.132. The van der Waals surface area contributed by atoms with E-state index in [2.05, 4.69) is 15.2 Å². The first kappa shape index (κ1) is 18.3. The van der Waals surface area contributed by atoms with Gasteiger partial charge in [-0.3, -0.25) is 9.78 Å². The molecule has 3 aromatic rings. The number of fused-ring (bicyclic) bond motifs is 1. The number of halogens is 1. The molecule has 1 aliphatic rings. The average Bonchev–Trinajstić information content (AvgIpc) is 3.17. The zero-order valence-electron chi connectivity index (χ0n) is 15.8. The summed E-state index contributed by atoms with van der Waals surface area (Å²) in [4.78, 5) is 19.1. The van der Waals surface area contributed by atoms with E-state index >= 15 is 0 Å². The lowest BCUT2D eigenvalue weighted by atomic mass is 9.97. The predicted octanol–water partition coefficient (Wildman–Crippen LogP) is 3.06. The maximum Gasteiger partial charge on any atom is 0.233 e. The van der Waals surface area contributed by atoms with Crippen LogP contribution < -0.4 is 0 Å². The first-order chi connectivity index (χ1) is 13.6. The fraction of sp³-hybridized carbons (Fsp3) is 0.333. The molecule has 0 N–H and O–H groups in total. The maximum atomic E-state index is 13.2. The summed E-state index contributed by atoms with van der Waals surface area (Å²) in [5.74, 6) is 0.840. The molecule has 1 unspecified atom stereocenters. The summed E-state index contributed by atoms with van der Waals surface area (Å²) >= 11 is 0. The van der Waals surface area contributed by atoms with E-state index in [1.807, 2.05) is 29.8 Å². The van der Waals surface area contributed by atoms with Gasteiger partial charge in [0.05, 0.1) is 5.92 Å². The lowest BCUT2D eigenvalue weighted by Crippen LogP contribution is -2.36. The summed E-state index contributed by atoms with van der Waals surface area (Å²) in [6.45, 7) is 1.36. The minimum atomic E-state index is -0.302. The Kier molecular flexibility index (Phi) is 5.14. The third kappa shape index (κ3) is 3.65. The topological polar surface area (TPSA) is 63.9 Å². The number of hydrogen-bond acceptors (Lipinski definition) is 4. The number of pyridine rings is 1. The summed E-state index contributed by atoms with van der Waals surface area (Å²) in [6.07, 6.45) is 4.11. The van der Waals surface area contributed by atoms with Gasteiger partial charge in [0.1, 0.15) is 11.6 Å². The smallest absolute Gasteiger partial charge is 0.233 e. The third-order valence-corrected chi connectivity index (χ3v) is 5.17. The van der Waals surface area contributed by atoms with Gasteiger partial charge in [0.25, 0.3) is 0 Å². The molecule has 0 aliphatic carbocycles. The molecule has 0 saturated heterocycles. The average molecular weight is 379 g/mol. The van der Waals surface area contributed by atoms with E-state index < -0.39 is 0 Å². The van der Waals surface area contributed by atoms with Crippen molar-refractivity contribution >= 4 is 5.91 Å². The highest BCUT2D eigenvalue weighted by atomic mass is 19.1. The Morgan fingerprint density at radius 1 is 1.21 bits per heavy atom. The van der Waals surface area contributed by atoms with Crippen molar-refractivity contribution in [2.24, 2.45) is 0 Å². The second kappa shape index (κ2) is 7.88. The highest BCUT2D eigenvalue weighted by molar-refractivity contribution is 5.83. The molecule has 28 heavy (non-hydrogen) atoms. The van der Waals surface area contributed by atoms with E-state index in [4.69, 9.17) is 0 Å². The third-order valence-electron chi connectivity index (χ3n) is 5.17. The number of likely N-dealkylation sites (N-methyl/N-ethyl adjacent to an activating group) is 1. The molecule has 0 spiro atoms. The summed E-state index contributed by atoms with van der Waals surface area (Å²) in [5, 5.41) is 8.61. The van der Waals surface area contributed by atoms with E-state index in [-0.39, 0.29) is 17.6 Å². The first-order valence-electron chi connectivity index (χ1n) is 9.47. The summed E-state index contributed by atoms with van der Waals surface area (Å²) in [5.41, 5.74) is 1.77. The van der Waals surface area contributed by atoms with Gasteiger partial charge in [-0.2, -0.15) is 0 Å². The van der Waals surface area contributed by atoms with Crippen LogP contribution in [-0.4, -0.2) is 44.1 Å². The molecule has 0 bridgehead atoms. The van der Waals surface area contributed by atoms with Crippen LogP contribution in [0, 0.1) is 5.82 Å². The van der Waals surface area contributed by atoms with Crippen molar-refractivity contribution in [1.29, 1.82) is 0 Å². The summed E-state index contributed by atoms with van der Waals surface area (Å²) in [6, 6.07) is 12.0. The number of nitrogens with zero attached hydrogens (tertiary/aromatic N) is 5. The van der Waals surface area contributed by atoms with Crippen LogP contribution in [0.2, 0.25) is 0 Å². The van der Waals surface area contributed by atoms with E-state index in [0.29, 0.717) is 24.6 Å². The van der Waals surface area contributed by atoms with Crippen LogP contribution in [-0.2, 0) is 17.8 Å². The SMILES string of the molecule is CN(CCc1ccccn1)C(=O)C1CCCn2c(-c3ccc(F)cc3)nnc21. The molecule has 1 amide bonds. The van der Waals surface area contributed by atoms with Crippen LogP contribution in [0.5, 0.6) is 0 Å². The fourth-order valence-corrected chi connectivity index (χ4v) is 3.63. The van der Waals surface area contributed by atoms with Crippen molar-refractivity contribution in [2.45, 2.75) is 31.7 Å². The summed E-state index contributed by atoms with van der Waals surface area (Å²) in [7, 11) is 1.82. The van der Waals surface area contributed by atoms with Gasteiger partial charge >= 0.3 is 0 Å². The molecule has 4 rings (SSSR count). The van der Waals surface area contributed by atoms with Crippen LogP contribution in [0.15, 0.2) is 48.7 Å². The molecule has 0 fully saturated rings. The molecular weight excluding hydrogens is 357 g/mol. The zero-order valence-corrected chi connectivity index (χ0v) is 15.8. The molecule has 3 heterocycles. The number of hydrogen-bond donors (Lipinski definition) is 0. The second-order valence-electron chi connectivity index (χ2n) is 7.07. The minimum Gasteiger partial charge on any atom is -0.345 e. The number of rotatable bonds is 5. The Morgan fingerprint density at radius 3 is 2.79 bits per heavy atom. The largest absolute Gasteiger partial charge is 0.345 e. The number of carbonyl (C=O) groups excluding carboxylic acids is 1. The van der Waals surface area contributed by atoms with E-state index in [0.717, 1.165) is 30.6 Å². The molecule has 6 nitrogen and oxygen atoms in total. The van der Waals surface area contributed by atoms with Crippen molar-refractivity contribution in [3.8, 4) is 11.4 Å². The van der Waals surface area contributed by atoms with Crippen molar-refractivity contribution in [3.63, 3.8) is 0 Å². The molecular formula is C21H22FN5O. The summed E-state index contributed by atoms with van der Waals surface area (Å²) < 4.78 is 15.2. The lowest BCUT2D eigenvalue weighted by Gasteiger charge is -2.27. The molecule has 1 aliphatic heterocycles. The van der Waals surface area contributed by atoms with Gasteiger partial charge < -0.3 is 9.47 Å². The van der Waals surface area contributed by atoms with Gasteiger partial charge in [-0.25, -0.2) is 4.39 Å². The van der Waals surface area contributed by atoms with E-state index in [9.17, 15) is 9.18 Å².